The van der Waals surface area contributed by atoms with Gasteiger partial charge in [0.2, 0.25) is 0 Å². The van der Waals surface area contributed by atoms with Crippen molar-refractivity contribution < 1.29 is 23.4 Å². The molecular formula is C24H23BrFNO4. The number of halogens is 2. The van der Waals surface area contributed by atoms with Gasteiger partial charge in [-0.1, -0.05) is 28.1 Å². The SMILES string of the molecule is CCOC(=O)c1ccc(NCc2cc(OC)c(OCc3ccc(F)cc3)cc2Br)cc1. The van der Waals surface area contributed by atoms with Crippen LogP contribution in [-0.2, 0) is 17.9 Å². The monoisotopic (exact) mass is 487 g/mol. The van der Waals surface area contributed by atoms with Crippen molar-refractivity contribution in [1.29, 1.82) is 0 Å². The molecule has 0 amide bonds. The number of carbonyl (C=O) groups excluding carboxylic acids is 1. The highest BCUT2D eigenvalue weighted by Crippen LogP contribution is 2.34. The molecule has 1 N–H and O–H groups in total. The van der Waals surface area contributed by atoms with Crippen molar-refractivity contribution in [2.45, 2.75) is 20.1 Å². The summed E-state index contributed by atoms with van der Waals surface area (Å²) in [6.07, 6.45) is 0. The van der Waals surface area contributed by atoms with E-state index in [1.165, 1.54) is 12.1 Å². The third-order valence-corrected chi connectivity index (χ3v) is 5.26. The standard InChI is InChI=1S/C24H23BrFNO4/c1-3-30-24(28)17-6-10-20(11-7-17)27-14-18-12-22(29-2)23(13-21(18)25)31-15-16-4-8-19(26)9-5-16/h4-13,27H,3,14-15H2,1-2H3. The van der Waals surface area contributed by atoms with Crippen LogP contribution in [0.4, 0.5) is 10.1 Å². The average Bonchev–Trinajstić information content (AvgIpc) is 2.78. The summed E-state index contributed by atoms with van der Waals surface area (Å²) in [7, 11) is 1.58. The second-order valence-corrected chi connectivity index (χ2v) is 7.52. The number of carbonyl (C=O) groups is 1. The number of hydrogen-bond acceptors (Lipinski definition) is 5. The summed E-state index contributed by atoms with van der Waals surface area (Å²) in [6.45, 7) is 2.96. The Hall–Kier alpha value is -3.06. The lowest BCUT2D eigenvalue weighted by Gasteiger charge is -2.15. The van der Waals surface area contributed by atoms with E-state index >= 15 is 0 Å². The van der Waals surface area contributed by atoms with E-state index in [1.807, 2.05) is 24.3 Å². The molecule has 31 heavy (non-hydrogen) atoms. The molecule has 0 heterocycles. The number of rotatable bonds is 9. The molecule has 162 valence electrons. The number of methoxy groups -OCH3 is 1. The van der Waals surface area contributed by atoms with Gasteiger partial charge in [-0.05, 0) is 66.6 Å². The van der Waals surface area contributed by atoms with Crippen molar-refractivity contribution in [3.05, 3.63) is 87.6 Å². The van der Waals surface area contributed by atoms with E-state index in [0.29, 0.717) is 36.8 Å². The molecule has 3 aromatic rings. The largest absolute Gasteiger partial charge is 0.493 e. The van der Waals surface area contributed by atoms with Gasteiger partial charge < -0.3 is 19.5 Å². The molecule has 0 aliphatic carbocycles. The predicted octanol–water partition coefficient (Wildman–Crippen LogP) is 5.96. The van der Waals surface area contributed by atoms with Crippen LogP contribution in [0.25, 0.3) is 0 Å². The third kappa shape index (κ3) is 6.21. The lowest BCUT2D eigenvalue weighted by molar-refractivity contribution is 0.0526. The maximum atomic E-state index is 13.1. The molecule has 0 fully saturated rings. The van der Waals surface area contributed by atoms with Crippen molar-refractivity contribution in [2.75, 3.05) is 19.0 Å². The Morgan fingerprint density at radius 1 is 1.03 bits per heavy atom. The van der Waals surface area contributed by atoms with E-state index in [0.717, 1.165) is 21.3 Å². The molecule has 0 unspecified atom stereocenters. The number of nitrogens with one attached hydrogen (secondary N) is 1. The van der Waals surface area contributed by atoms with Gasteiger partial charge in [0.1, 0.15) is 12.4 Å². The maximum absolute atomic E-state index is 13.1. The highest BCUT2D eigenvalue weighted by Gasteiger charge is 2.11. The van der Waals surface area contributed by atoms with Gasteiger partial charge in [0.05, 0.1) is 19.3 Å². The van der Waals surface area contributed by atoms with Gasteiger partial charge in [-0.15, -0.1) is 0 Å². The Morgan fingerprint density at radius 2 is 1.74 bits per heavy atom. The van der Waals surface area contributed by atoms with Gasteiger partial charge >= 0.3 is 5.97 Å². The van der Waals surface area contributed by atoms with Crippen LogP contribution < -0.4 is 14.8 Å². The van der Waals surface area contributed by atoms with Crippen LogP contribution in [0.5, 0.6) is 11.5 Å². The summed E-state index contributed by atoms with van der Waals surface area (Å²) >= 11 is 3.58. The minimum absolute atomic E-state index is 0.281. The molecule has 0 aliphatic rings. The van der Waals surface area contributed by atoms with E-state index in [4.69, 9.17) is 14.2 Å². The summed E-state index contributed by atoms with van der Waals surface area (Å²) in [6, 6.07) is 17.0. The molecule has 0 aliphatic heterocycles. The van der Waals surface area contributed by atoms with E-state index in [9.17, 15) is 9.18 Å². The second-order valence-electron chi connectivity index (χ2n) is 6.66. The first kappa shape index (κ1) is 22.6. The fraction of sp³-hybridized carbons (Fsp3) is 0.208. The van der Waals surface area contributed by atoms with Gasteiger partial charge in [0.15, 0.2) is 11.5 Å². The molecule has 0 saturated heterocycles. The Morgan fingerprint density at radius 3 is 2.39 bits per heavy atom. The third-order valence-electron chi connectivity index (χ3n) is 4.52. The molecule has 0 saturated carbocycles. The molecule has 0 atom stereocenters. The number of ether oxygens (including phenoxy) is 3. The van der Waals surface area contributed by atoms with Gasteiger partial charge in [0, 0.05) is 16.7 Å². The van der Waals surface area contributed by atoms with Crippen LogP contribution in [0, 0.1) is 5.82 Å². The van der Waals surface area contributed by atoms with E-state index in [-0.39, 0.29) is 11.8 Å². The van der Waals surface area contributed by atoms with Crippen molar-refractivity contribution in [3.8, 4) is 11.5 Å². The highest BCUT2D eigenvalue weighted by atomic mass is 79.9. The second kappa shape index (κ2) is 10.8. The lowest BCUT2D eigenvalue weighted by atomic mass is 10.1. The van der Waals surface area contributed by atoms with Crippen molar-refractivity contribution in [1.82, 2.24) is 0 Å². The number of hydrogen-bond donors (Lipinski definition) is 1. The molecule has 0 radical (unpaired) electrons. The summed E-state index contributed by atoms with van der Waals surface area (Å²) in [5.41, 5.74) is 3.21. The molecule has 0 aromatic heterocycles. The predicted molar refractivity (Wildman–Crippen MR) is 121 cm³/mol. The van der Waals surface area contributed by atoms with E-state index < -0.39 is 0 Å². The lowest BCUT2D eigenvalue weighted by Crippen LogP contribution is -2.05. The summed E-state index contributed by atoms with van der Waals surface area (Å²) in [4.78, 5) is 11.7. The average molecular weight is 488 g/mol. The first-order chi connectivity index (χ1) is 15.0. The molecule has 3 rings (SSSR count). The fourth-order valence-corrected chi connectivity index (χ4v) is 3.33. The Bertz CT molecular complexity index is 1020. The van der Waals surface area contributed by atoms with E-state index in [2.05, 4.69) is 21.2 Å². The minimum Gasteiger partial charge on any atom is -0.493 e. The first-order valence-electron chi connectivity index (χ1n) is 9.75. The zero-order valence-corrected chi connectivity index (χ0v) is 18.9. The number of benzene rings is 3. The van der Waals surface area contributed by atoms with Crippen LogP contribution in [0.15, 0.2) is 65.1 Å². The minimum atomic E-state index is -0.335. The topological polar surface area (TPSA) is 56.8 Å². The molecular weight excluding hydrogens is 465 g/mol. The highest BCUT2D eigenvalue weighted by molar-refractivity contribution is 9.10. The van der Waals surface area contributed by atoms with Gasteiger partial charge in [-0.2, -0.15) is 0 Å². The van der Waals surface area contributed by atoms with Crippen molar-refractivity contribution >= 4 is 27.6 Å². The fourth-order valence-electron chi connectivity index (χ4n) is 2.86. The smallest absolute Gasteiger partial charge is 0.338 e. The number of esters is 1. The van der Waals surface area contributed by atoms with Crippen molar-refractivity contribution in [3.63, 3.8) is 0 Å². The van der Waals surface area contributed by atoms with Crippen LogP contribution in [0.3, 0.4) is 0 Å². The Balaban J connectivity index is 1.65. The van der Waals surface area contributed by atoms with Crippen molar-refractivity contribution in [2.24, 2.45) is 0 Å². The summed E-state index contributed by atoms with van der Waals surface area (Å²) < 4.78 is 30.3. The van der Waals surface area contributed by atoms with E-state index in [1.54, 1.807) is 38.3 Å². The Kier molecular flexibility index (Phi) is 7.89. The quantitative estimate of drug-likeness (QED) is 0.377. The Labute approximate surface area is 189 Å². The molecule has 0 bridgehead atoms. The van der Waals surface area contributed by atoms with Gasteiger partial charge in [-0.25, -0.2) is 9.18 Å². The van der Waals surface area contributed by atoms with Crippen LogP contribution in [0.2, 0.25) is 0 Å². The summed E-state index contributed by atoms with van der Waals surface area (Å²) in [5.74, 6) is 0.565. The van der Waals surface area contributed by atoms with Crippen LogP contribution >= 0.6 is 15.9 Å². The zero-order valence-electron chi connectivity index (χ0n) is 17.3. The van der Waals surface area contributed by atoms with Gasteiger partial charge in [0.25, 0.3) is 0 Å². The first-order valence-corrected chi connectivity index (χ1v) is 10.5. The molecule has 5 nitrogen and oxygen atoms in total. The number of anilines is 1. The van der Waals surface area contributed by atoms with Crippen LogP contribution in [0.1, 0.15) is 28.4 Å². The zero-order chi connectivity index (χ0) is 22.2. The molecule has 0 spiro atoms. The molecule has 7 heteroatoms. The summed E-state index contributed by atoms with van der Waals surface area (Å²) in [5, 5.41) is 3.32. The van der Waals surface area contributed by atoms with Gasteiger partial charge in [-0.3, -0.25) is 0 Å². The normalized spacial score (nSPS) is 10.5. The van der Waals surface area contributed by atoms with Crippen LogP contribution in [-0.4, -0.2) is 19.7 Å². The maximum Gasteiger partial charge on any atom is 0.338 e. The molecule has 3 aromatic carbocycles.